The smallest absolute Gasteiger partial charge is 0.326 e. The third-order valence-corrected chi connectivity index (χ3v) is 3.84. The van der Waals surface area contributed by atoms with E-state index in [4.69, 9.17) is 4.74 Å². The van der Waals surface area contributed by atoms with Crippen LogP contribution in [0.1, 0.15) is 19.8 Å². The van der Waals surface area contributed by atoms with Crippen molar-refractivity contribution >= 4 is 17.3 Å². The molecule has 1 heterocycles. The maximum atomic E-state index is 11.4. The second kappa shape index (κ2) is 5.99. The number of carbonyl (C=O) groups is 1. The van der Waals surface area contributed by atoms with Crippen LogP contribution in [-0.4, -0.2) is 35.7 Å². The van der Waals surface area contributed by atoms with Gasteiger partial charge in [0.25, 0.3) is 0 Å². The monoisotopic (exact) mass is 294 g/mol. The Morgan fingerprint density at radius 2 is 2.24 bits per heavy atom. The van der Waals surface area contributed by atoms with Gasteiger partial charge in [-0.25, -0.2) is 4.79 Å². The van der Waals surface area contributed by atoms with Crippen LogP contribution in [0.5, 0.6) is 5.75 Å². The number of rotatable bonds is 4. The standard InChI is InChI=1S/C14H18N2O5/c1-9-5-6-15(12(7-9)14(17)18)10-3-4-11(16(19)20)13(8-10)21-2/h3-4,8-9,12H,5-7H2,1-2H3,(H,17,18). The Balaban J connectivity index is 2.36. The van der Waals surface area contributed by atoms with Gasteiger partial charge in [-0.2, -0.15) is 0 Å². The molecule has 1 aromatic carbocycles. The van der Waals surface area contributed by atoms with E-state index < -0.39 is 16.9 Å². The Bertz CT molecular complexity index is 560. The van der Waals surface area contributed by atoms with Gasteiger partial charge in [-0.3, -0.25) is 10.1 Å². The molecule has 1 aromatic rings. The number of aliphatic carboxylic acids is 1. The van der Waals surface area contributed by atoms with Crippen LogP contribution in [0.2, 0.25) is 0 Å². The van der Waals surface area contributed by atoms with E-state index in [0.717, 1.165) is 6.42 Å². The van der Waals surface area contributed by atoms with Gasteiger partial charge < -0.3 is 14.7 Å². The van der Waals surface area contributed by atoms with Gasteiger partial charge >= 0.3 is 11.7 Å². The lowest BCUT2D eigenvalue weighted by molar-refractivity contribution is -0.385. The number of methoxy groups -OCH3 is 1. The lowest BCUT2D eigenvalue weighted by atomic mass is 9.92. The average molecular weight is 294 g/mol. The van der Waals surface area contributed by atoms with Crippen molar-refractivity contribution in [1.82, 2.24) is 0 Å². The summed E-state index contributed by atoms with van der Waals surface area (Å²) in [6.07, 6.45) is 1.46. The van der Waals surface area contributed by atoms with Gasteiger partial charge in [-0.1, -0.05) is 6.92 Å². The maximum Gasteiger partial charge on any atom is 0.326 e. The Labute approximate surface area is 122 Å². The highest BCUT2D eigenvalue weighted by atomic mass is 16.6. The fraction of sp³-hybridized carbons (Fsp3) is 0.500. The minimum atomic E-state index is -0.876. The molecule has 1 fully saturated rings. The Morgan fingerprint density at radius 3 is 2.81 bits per heavy atom. The molecule has 114 valence electrons. The van der Waals surface area contributed by atoms with E-state index in [1.807, 2.05) is 6.92 Å². The van der Waals surface area contributed by atoms with E-state index in [9.17, 15) is 20.0 Å². The molecule has 2 atom stereocenters. The first-order valence-corrected chi connectivity index (χ1v) is 6.76. The van der Waals surface area contributed by atoms with Gasteiger partial charge in [0.1, 0.15) is 6.04 Å². The number of hydrogen-bond donors (Lipinski definition) is 1. The number of nitrogens with zero attached hydrogens (tertiary/aromatic N) is 2. The van der Waals surface area contributed by atoms with Crippen LogP contribution >= 0.6 is 0 Å². The second-order valence-corrected chi connectivity index (χ2v) is 5.29. The number of hydrogen-bond acceptors (Lipinski definition) is 5. The number of piperidine rings is 1. The van der Waals surface area contributed by atoms with Gasteiger partial charge in [0, 0.05) is 24.4 Å². The normalized spacial score (nSPS) is 21.9. The zero-order valence-corrected chi connectivity index (χ0v) is 12.0. The van der Waals surface area contributed by atoms with E-state index in [2.05, 4.69) is 0 Å². The molecule has 1 aliphatic heterocycles. The summed E-state index contributed by atoms with van der Waals surface area (Å²) in [5, 5.41) is 20.3. The Hall–Kier alpha value is -2.31. The van der Waals surface area contributed by atoms with E-state index in [0.29, 0.717) is 24.6 Å². The molecule has 1 aliphatic rings. The summed E-state index contributed by atoms with van der Waals surface area (Å²) in [6, 6.07) is 3.85. The van der Waals surface area contributed by atoms with Crippen molar-refractivity contribution in [3.8, 4) is 5.75 Å². The van der Waals surface area contributed by atoms with Gasteiger partial charge in [0.15, 0.2) is 5.75 Å². The molecule has 0 radical (unpaired) electrons. The number of carboxylic acid groups (broad SMARTS) is 1. The molecule has 0 saturated carbocycles. The quantitative estimate of drug-likeness (QED) is 0.676. The van der Waals surface area contributed by atoms with Gasteiger partial charge in [0.2, 0.25) is 0 Å². The summed E-state index contributed by atoms with van der Waals surface area (Å²) >= 11 is 0. The van der Waals surface area contributed by atoms with Crippen molar-refractivity contribution in [2.75, 3.05) is 18.6 Å². The van der Waals surface area contributed by atoms with Crippen molar-refractivity contribution in [3.05, 3.63) is 28.3 Å². The van der Waals surface area contributed by atoms with Crippen LogP contribution in [0.3, 0.4) is 0 Å². The van der Waals surface area contributed by atoms with Crippen LogP contribution in [0, 0.1) is 16.0 Å². The number of nitro groups is 1. The highest BCUT2D eigenvalue weighted by Gasteiger charge is 2.32. The number of nitro benzene ring substituents is 1. The van der Waals surface area contributed by atoms with Crippen LogP contribution in [0.15, 0.2) is 18.2 Å². The van der Waals surface area contributed by atoms with E-state index in [1.165, 1.54) is 19.2 Å². The van der Waals surface area contributed by atoms with Crippen molar-refractivity contribution in [2.45, 2.75) is 25.8 Å². The molecule has 2 rings (SSSR count). The fourth-order valence-electron chi connectivity index (χ4n) is 2.68. The minimum absolute atomic E-state index is 0.126. The molecule has 7 nitrogen and oxygen atoms in total. The zero-order valence-electron chi connectivity index (χ0n) is 12.0. The molecule has 7 heteroatoms. The number of anilines is 1. The summed E-state index contributed by atoms with van der Waals surface area (Å²) in [5.74, 6) is -0.388. The summed E-state index contributed by atoms with van der Waals surface area (Å²) in [4.78, 5) is 23.6. The highest BCUT2D eigenvalue weighted by molar-refractivity contribution is 5.79. The van der Waals surface area contributed by atoms with Gasteiger partial charge in [-0.05, 0) is 24.8 Å². The largest absolute Gasteiger partial charge is 0.490 e. The van der Waals surface area contributed by atoms with Gasteiger partial charge in [-0.15, -0.1) is 0 Å². The van der Waals surface area contributed by atoms with Crippen molar-refractivity contribution in [1.29, 1.82) is 0 Å². The van der Waals surface area contributed by atoms with Crippen LogP contribution in [0.25, 0.3) is 0 Å². The molecule has 0 aliphatic carbocycles. The molecule has 1 saturated heterocycles. The second-order valence-electron chi connectivity index (χ2n) is 5.29. The van der Waals surface area contributed by atoms with Crippen LogP contribution < -0.4 is 9.64 Å². The molecule has 21 heavy (non-hydrogen) atoms. The van der Waals surface area contributed by atoms with Crippen LogP contribution in [-0.2, 0) is 4.79 Å². The number of benzene rings is 1. The molecule has 0 bridgehead atoms. The first-order chi connectivity index (χ1) is 9.93. The summed E-state index contributed by atoms with van der Waals surface area (Å²) in [6.45, 7) is 2.64. The summed E-state index contributed by atoms with van der Waals surface area (Å²) < 4.78 is 5.04. The zero-order chi connectivity index (χ0) is 15.6. The van der Waals surface area contributed by atoms with Gasteiger partial charge in [0.05, 0.1) is 12.0 Å². The van der Waals surface area contributed by atoms with Crippen molar-refractivity contribution < 1.29 is 19.6 Å². The molecule has 1 N–H and O–H groups in total. The van der Waals surface area contributed by atoms with Crippen LogP contribution in [0.4, 0.5) is 11.4 Å². The number of carboxylic acids is 1. The lowest BCUT2D eigenvalue weighted by Gasteiger charge is -2.37. The van der Waals surface area contributed by atoms with E-state index in [-0.39, 0.29) is 11.4 Å². The highest BCUT2D eigenvalue weighted by Crippen LogP contribution is 2.34. The molecule has 0 spiro atoms. The molecular formula is C14H18N2O5. The average Bonchev–Trinajstić information content (AvgIpc) is 2.46. The molecule has 0 aromatic heterocycles. The lowest BCUT2D eigenvalue weighted by Crippen LogP contribution is -2.47. The van der Waals surface area contributed by atoms with E-state index >= 15 is 0 Å². The Kier molecular flexibility index (Phi) is 4.30. The first kappa shape index (κ1) is 15.1. The fourth-order valence-corrected chi connectivity index (χ4v) is 2.68. The van der Waals surface area contributed by atoms with Crippen molar-refractivity contribution in [3.63, 3.8) is 0 Å². The third-order valence-electron chi connectivity index (χ3n) is 3.84. The van der Waals surface area contributed by atoms with E-state index in [1.54, 1.807) is 11.0 Å². The maximum absolute atomic E-state index is 11.4. The molecule has 0 amide bonds. The summed E-state index contributed by atoms with van der Waals surface area (Å²) in [5.41, 5.74) is 0.509. The first-order valence-electron chi connectivity index (χ1n) is 6.76. The molecule has 2 unspecified atom stereocenters. The minimum Gasteiger partial charge on any atom is -0.490 e. The third kappa shape index (κ3) is 3.07. The predicted molar refractivity (Wildman–Crippen MR) is 76.8 cm³/mol. The van der Waals surface area contributed by atoms with Crippen molar-refractivity contribution in [2.24, 2.45) is 5.92 Å². The SMILES string of the molecule is COc1cc(N2CCC(C)CC2C(=O)O)ccc1[N+](=O)[O-]. The molecular weight excluding hydrogens is 276 g/mol. The number of ether oxygens (including phenoxy) is 1. The Morgan fingerprint density at radius 1 is 1.52 bits per heavy atom. The topological polar surface area (TPSA) is 92.9 Å². The summed E-state index contributed by atoms with van der Waals surface area (Å²) in [7, 11) is 1.36. The predicted octanol–water partition coefficient (Wildman–Crippen LogP) is 2.29.